The lowest BCUT2D eigenvalue weighted by atomic mass is 10.1. The van der Waals surface area contributed by atoms with Gasteiger partial charge in [0.25, 0.3) is 5.91 Å². The number of benzene rings is 2. The summed E-state index contributed by atoms with van der Waals surface area (Å²) < 4.78 is 25.1. The Morgan fingerprint density at radius 2 is 1.82 bits per heavy atom. The maximum absolute atomic E-state index is 12.4. The normalized spacial score (nSPS) is 18.1. The number of sulfonamides is 1. The molecule has 1 aliphatic rings. The number of rotatable bonds is 4. The van der Waals surface area contributed by atoms with Gasteiger partial charge >= 0.3 is 0 Å². The molecule has 2 aromatic carbocycles. The maximum atomic E-state index is 12.4. The first-order chi connectivity index (χ1) is 13.1. The lowest BCUT2D eigenvalue weighted by Crippen LogP contribution is -2.30. The van der Waals surface area contributed by atoms with Crippen LogP contribution in [0.5, 0.6) is 0 Å². The van der Waals surface area contributed by atoms with E-state index in [-0.39, 0.29) is 22.0 Å². The number of hydrogen-bond acceptors (Lipinski definition) is 5. The van der Waals surface area contributed by atoms with Crippen LogP contribution in [0.2, 0.25) is 5.02 Å². The quantitative estimate of drug-likeness (QED) is 0.780. The molecule has 3 amide bonds. The number of nitrogens with two attached hydrogens (primary N) is 1. The van der Waals surface area contributed by atoms with Crippen LogP contribution < -0.4 is 15.4 Å². The molecular weight excluding hydrogens is 406 g/mol. The van der Waals surface area contributed by atoms with Gasteiger partial charge in [0, 0.05) is 11.3 Å². The highest BCUT2D eigenvalue weighted by Crippen LogP contribution is 2.31. The van der Waals surface area contributed by atoms with Crippen LogP contribution in [0.15, 0.2) is 42.5 Å². The van der Waals surface area contributed by atoms with Gasteiger partial charge in [0.05, 0.1) is 27.9 Å². The van der Waals surface area contributed by atoms with E-state index in [2.05, 4.69) is 5.32 Å². The van der Waals surface area contributed by atoms with Crippen LogP contribution in [0.4, 0.5) is 11.4 Å². The highest BCUT2D eigenvalue weighted by Gasteiger charge is 2.42. The number of amides is 3. The molecule has 1 heterocycles. The summed E-state index contributed by atoms with van der Waals surface area (Å²) in [5.41, 5.74) is 6.06. The fraction of sp³-hybridized carbons (Fsp3) is 0.167. The molecule has 8 nitrogen and oxygen atoms in total. The molecule has 3 N–H and O–H groups in total. The van der Waals surface area contributed by atoms with Crippen LogP contribution in [-0.2, 0) is 14.8 Å². The zero-order chi connectivity index (χ0) is 20.6. The van der Waals surface area contributed by atoms with Crippen molar-refractivity contribution in [1.82, 2.24) is 0 Å². The lowest BCUT2D eigenvalue weighted by molar-refractivity contribution is -0.119. The second-order valence-corrected chi connectivity index (χ2v) is 8.61. The molecule has 10 heteroatoms. The molecule has 0 aliphatic carbocycles. The van der Waals surface area contributed by atoms with Gasteiger partial charge in [-0.2, -0.15) is 0 Å². The Labute approximate surface area is 166 Å². The summed E-state index contributed by atoms with van der Waals surface area (Å²) in [4.78, 5) is 35.7. The van der Waals surface area contributed by atoms with Gasteiger partial charge in [0.2, 0.25) is 21.8 Å². The summed E-state index contributed by atoms with van der Waals surface area (Å²) in [6, 6.07) is 9.91. The summed E-state index contributed by atoms with van der Waals surface area (Å²) in [6.07, 6.45) is 0. The van der Waals surface area contributed by atoms with E-state index in [1.807, 2.05) is 0 Å². The topological polar surface area (TPSA) is 127 Å². The SMILES string of the molecule is C[C@H]1CS(=O)(=O)N(c2ccc(C(=O)Nc3ccc(C(N)=O)cc3)c(Cl)c2)C1=O. The summed E-state index contributed by atoms with van der Waals surface area (Å²) in [6.45, 7) is 1.53. The molecule has 1 atom stereocenters. The molecule has 0 radical (unpaired) electrons. The molecular formula is C18H16ClN3O5S. The summed E-state index contributed by atoms with van der Waals surface area (Å²) in [7, 11) is -3.76. The fourth-order valence-corrected chi connectivity index (χ4v) is 4.89. The molecule has 146 valence electrons. The third-order valence-electron chi connectivity index (χ3n) is 4.22. The molecule has 1 saturated heterocycles. The second kappa shape index (κ2) is 7.25. The van der Waals surface area contributed by atoms with Crippen molar-refractivity contribution in [2.24, 2.45) is 11.7 Å². The molecule has 28 heavy (non-hydrogen) atoms. The molecule has 2 aromatic rings. The van der Waals surface area contributed by atoms with E-state index in [0.29, 0.717) is 15.6 Å². The number of carbonyl (C=O) groups is 3. The van der Waals surface area contributed by atoms with Gasteiger partial charge in [0.1, 0.15) is 0 Å². The lowest BCUT2D eigenvalue weighted by Gasteiger charge is -2.16. The van der Waals surface area contributed by atoms with Crippen LogP contribution in [-0.4, -0.2) is 31.9 Å². The van der Waals surface area contributed by atoms with Gasteiger partial charge in [-0.15, -0.1) is 0 Å². The van der Waals surface area contributed by atoms with Gasteiger partial charge in [-0.3, -0.25) is 14.4 Å². The van der Waals surface area contributed by atoms with Crippen molar-refractivity contribution in [3.63, 3.8) is 0 Å². The third-order valence-corrected chi connectivity index (χ3v) is 6.40. The van der Waals surface area contributed by atoms with Crippen LogP contribution >= 0.6 is 11.6 Å². The van der Waals surface area contributed by atoms with Crippen LogP contribution in [0.3, 0.4) is 0 Å². The molecule has 0 saturated carbocycles. The summed E-state index contributed by atoms with van der Waals surface area (Å²) in [5.74, 6) is -2.57. The first-order valence-electron chi connectivity index (χ1n) is 8.18. The second-order valence-electron chi connectivity index (χ2n) is 6.34. The molecule has 1 fully saturated rings. The highest BCUT2D eigenvalue weighted by molar-refractivity contribution is 7.94. The minimum absolute atomic E-state index is 0.00805. The number of primary amides is 1. The average Bonchev–Trinajstić information content (AvgIpc) is 2.82. The average molecular weight is 422 g/mol. The van der Waals surface area contributed by atoms with E-state index in [4.69, 9.17) is 17.3 Å². The van der Waals surface area contributed by atoms with Crippen LogP contribution in [0, 0.1) is 5.92 Å². The predicted molar refractivity (Wildman–Crippen MR) is 105 cm³/mol. The van der Waals surface area contributed by atoms with Crippen molar-refractivity contribution in [2.45, 2.75) is 6.92 Å². The van der Waals surface area contributed by atoms with Crippen molar-refractivity contribution in [2.75, 3.05) is 15.4 Å². The minimum Gasteiger partial charge on any atom is -0.366 e. The van der Waals surface area contributed by atoms with Crippen molar-refractivity contribution in [3.05, 3.63) is 58.6 Å². The van der Waals surface area contributed by atoms with Gasteiger partial charge in [-0.05, 0) is 42.5 Å². The Kier molecular flexibility index (Phi) is 5.14. The van der Waals surface area contributed by atoms with Gasteiger partial charge in [-0.25, -0.2) is 12.7 Å². The smallest absolute Gasteiger partial charge is 0.257 e. The summed E-state index contributed by atoms with van der Waals surface area (Å²) >= 11 is 6.16. The van der Waals surface area contributed by atoms with E-state index in [9.17, 15) is 22.8 Å². The van der Waals surface area contributed by atoms with E-state index >= 15 is 0 Å². The predicted octanol–water partition coefficient (Wildman–Crippen LogP) is 2.00. The van der Waals surface area contributed by atoms with Gasteiger partial charge in [-0.1, -0.05) is 18.5 Å². The summed E-state index contributed by atoms with van der Waals surface area (Å²) in [5, 5.41) is 2.60. The zero-order valence-electron chi connectivity index (χ0n) is 14.7. The van der Waals surface area contributed by atoms with Crippen molar-refractivity contribution >= 4 is 50.7 Å². The largest absolute Gasteiger partial charge is 0.366 e. The Balaban J connectivity index is 1.83. The first kappa shape index (κ1) is 19.8. The molecule has 0 unspecified atom stereocenters. The molecule has 3 rings (SSSR count). The van der Waals surface area contributed by atoms with Gasteiger partial charge in [0.15, 0.2) is 0 Å². The minimum atomic E-state index is -3.76. The molecule has 0 bridgehead atoms. The Hall–Kier alpha value is -2.91. The number of hydrogen-bond donors (Lipinski definition) is 2. The number of carbonyl (C=O) groups excluding carboxylic acids is 3. The Morgan fingerprint density at radius 3 is 2.32 bits per heavy atom. The van der Waals surface area contributed by atoms with E-state index in [1.54, 1.807) is 0 Å². The number of halogens is 1. The Morgan fingerprint density at radius 1 is 1.18 bits per heavy atom. The highest BCUT2D eigenvalue weighted by atomic mass is 35.5. The number of nitrogens with one attached hydrogen (secondary N) is 1. The van der Waals surface area contributed by atoms with Crippen molar-refractivity contribution in [1.29, 1.82) is 0 Å². The standard InChI is InChI=1S/C18H16ClN3O5S/c1-10-9-28(26,27)22(18(10)25)13-6-7-14(15(19)8-13)17(24)21-12-4-2-11(3-5-12)16(20)23/h2-8,10H,9H2,1H3,(H2,20,23)(H,21,24)/t10-/m0/s1. The van der Waals surface area contributed by atoms with E-state index < -0.39 is 33.7 Å². The maximum Gasteiger partial charge on any atom is 0.257 e. The van der Waals surface area contributed by atoms with Crippen molar-refractivity contribution in [3.8, 4) is 0 Å². The molecule has 1 aliphatic heterocycles. The van der Waals surface area contributed by atoms with Gasteiger partial charge < -0.3 is 11.1 Å². The zero-order valence-corrected chi connectivity index (χ0v) is 16.3. The monoisotopic (exact) mass is 421 g/mol. The third kappa shape index (κ3) is 3.71. The number of nitrogens with zero attached hydrogens (tertiary/aromatic N) is 1. The Bertz CT molecular complexity index is 1080. The first-order valence-corrected chi connectivity index (χ1v) is 10.2. The number of anilines is 2. The van der Waals surface area contributed by atoms with Crippen LogP contribution in [0.1, 0.15) is 27.6 Å². The molecule has 0 spiro atoms. The fourth-order valence-electron chi connectivity index (χ4n) is 2.82. The van der Waals surface area contributed by atoms with E-state index in [0.717, 1.165) is 0 Å². The van der Waals surface area contributed by atoms with Crippen molar-refractivity contribution < 1.29 is 22.8 Å². The van der Waals surface area contributed by atoms with E-state index in [1.165, 1.54) is 49.4 Å². The van der Waals surface area contributed by atoms with Crippen LogP contribution in [0.25, 0.3) is 0 Å². The molecule has 0 aromatic heterocycles.